The first-order valence-electron chi connectivity index (χ1n) is 8.20. The number of carbonyl (C=O) groups is 3. The average molecular weight is 324 g/mol. The zero-order valence-corrected chi connectivity index (χ0v) is 14.1. The third kappa shape index (κ3) is 2.38. The van der Waals surface area contributed by atoms with Gasteiger partial charge in [-0.3, -0.25) is 14.4 Å². The van der Waals surface area contributed by atoms with Gasteiger partial charge in [-0.25, -0.2) is 0 Å². The van der Waals surface area contributed by atoms with Crippen molar-refractivity contribution in [2.24, 2.45) is 11.3 Å². The zero-order valence-electron chi connectivity index (χ0n) is 14.1. The number of hydrogen-bond donors (Lipinski definition) is 0. The monoisotopic (exact) mass is 324 g/mol. The molecule has 23 heavy (non-hydrogen) atoms. The van der Waals surface area contributed by atoms with E-state index in [-0.39, 0.29) is 18.2 Å². The molecule has 4 fully saturated rings. The molecule has 0 aromatic carbocycles. The summed E-state index contributed by atoms with van der Waals surface area (Å²) >= 11 is 0. The molecule has 0 aromatic heterocycles. The fraction of sp³-hybridized carbons (Fsp3) is 0.824. The molecule has 128 valence electrons. The Kier molecular flexibility index (Phi) is 3.59. The van der Waals surface area contributed by atoms with Crippen LogP contribution in [0.1, 0.15) is 52.9 Å². The van der Waals surface area contributed by atoms with E-state index in [1.54, 1.807) is 21.0 Å². The van der Waals surface area contributed by atoms with Crippen molar-refractivity contribution in [1.29, 1.82) is 0 Å². The normalized spacial score (nSPS) is 39.1. The van der Waals surface area contributed by atoms with Crippen LogP contribution in [0, 0.1) is 11.3 Å². The molecule has 6 heteroatoms. The van der Waals surface area contributed by atoms with Gasteiger partial charge >= 0.3 is 11.9 Å². The number of fused-ring (bicyclic) bond motifs is 1. The van der Waals surface area contributed by atoms with Crippen LogP contribution in [0.3, 0.4) is 0 Å². The van der Waals surface area contributed by atoms with Crippen molar-refractivity contribution in [2.45, 2.75) is 70.2 Å². The van der Waals surface area contributed by atoms with Gasteiger partial charge in [-0.2, -0.15) is 0 Å². The van der Waals surface area contributed by atoms with Crippen LogP contribution in [0.4, 0.5) is 0 Å². The summed E-state index contributed by atoms with van der Waals surface area (Å²) in [6.07, 6.45) is 1.11. The Balaban J connectivity index is 1.99. The number of ketones is 1. The molecule has 0 radical (unpaired) electrons. The molecule has 4 bridgehead atoms. The van der Waals surface area contributed by atoms with E-state index in [0.29, 0.717) is 25.7 Å². The summed E-state index contributed by atoms with van der Waals surface area (Å²) in [4.78, 5) is 37.6. The third-order valence-corrected chi connectivity index (χ3v) is 5.85. The molecule has 2 saturated heterocycles. The summed E-state index contributed by atoms with van der Waals surface area (Å²) in [5, 5.41) is 0. The Morgan fingerprint density at radius 3 is 2.61 bits per heavy atom. The van der Waals surface area contributed by atoms with Crippen LogP contribution in [0.15, 0.2) is 0 Å². The number of methoxy groups -OCH3 is 1. The van der Waals surface area contributed by atoms with Crippen LogP contribution in [-0.2, 0) is 28.6 Å². The standard InChI is InChI=1S/C17H24O6/c1-5-15(2,3)14(20)23-17-7-10-6-16(9-17,21-4)8-11(12(17)18)22-13(10)19/h10-11H,5-9H2,1-4H3. The molecule has 4 atom stereocenters. The second kappa shape index (κ2) is 5.03. The van der Waals surface area contributed by atoms with E-state index >= 15 is 0 Å². The third-order valence-electron chi connectivity index (χ3n) is 5.85. The lowest BCUT2D eigenvalue weighted by atomic mass is 9.62. The minimum Gasteiger partial charge on any atom is -0.454 e. The average Bonchev–Trinajstić information content (AvgIpc) is 2.65. The lowest BCUT2D eigenvalue weighted by Crippen LogP contribution is -2.63. The summed E-state index contributed by atoms with van der Waals surface area (Å²) in [5.41, 5.74) is -2.61. The van der Waals surface area contributed by atoms with Crippen LogP contribution in [0.5, 0.6) is 0 Å². The van der Waals surface area contributed by atoms with Gasteiger partial charge < -0.3 is 14.2 Å². The number of carbonyl (C=O) groups excluding carboxylic acids is 3. The van der Waals surface area contributed by atoms with Crippen LogP contribution in [-0.4, -0.2) is 42.1 Å². The minimum atomic E-state index is -1.29. The molecular formula is C17H24O6. The molecular weight excluding hydrogens is 300 g/mol. The Labute approximate surface area is 135 Å². The fourth-order valence-corrected chi connectivity index (χ4v) is 3.98. The summed E-state index contributed by atoms with van der Waals surface area (Å²) in [5.74, 6) is -1.54. The number of Topliss-reactive ketones (excluding diaryl/α,β-unsaturated/α-hetero) is 1. The quantitative estimate of drug-likeness (QED) is 0.734. The fourth-order valence-electron chi connectivity index (χ4n) is 3.98. The molecule has 4 aliphatic rings. The second-order valence-electron chi connectivity index (χ2n) is 7.78. The van der Waals surface area contributed by atoms with Crippen LogP contribution < -0.4 is 0 Å². The van der Waals surface area contributed by atoms with Gasteiger partial charge in [0.2, 0.25) is 5.78 Å². The summed E-state index contributed by atoms with van der Waals surface area (Å²) in [6, 6.07) is 0. The predicted octanol–water partition coefficient (Wildman–Crippen LogP) is 1.79. The van der Waals surface area contributed by atoms with E-state index in [4.69, 9.17) is 14.2 Å². The van der Waals surface area contributed by atoms with Gasteiger partial charge in [0.25, 0.3) is 0 Å². The Hall–Kier alpha value is -1.43. The number of ether oxygens (including phenoxy) is 3. The highest BCUT2D eigenvalue weighted by atomic mass is 16.6. The zero-order chi connectivity index (χ0) is 17.0. The predicted molar refractivity (Wildman–Crippen MR) is 79.5 cm³/mol. The van der Waals surface area contributed by atoms with Crippen molar-refractivity contribution >= 4 is 17.7 Å². The number of hydrogen-bond acceptors (Lipinski definition) is 6. The van der Waals surface area contributed by atoms with Crippen molar-refractivity contribution < 1.29 is 28.6 Å². The Morgan fingerprint density at radius 1 is 1.30 bits per heavy atom. The van der Waals surface area contributed by atoms with E-state index in [0.717, 1.165) is 0 Å². The molecule has 0 amide bonds. The van der Waals surface area contributed by atoms with Crippen LogP contribution in [0.2, 0.25) is 0 Å². The van der Waals surface area contributed by atoms with Crippen molar-refractivity contribution in [3.8, 4) is 0 Å². The maximum Gasteiger partial charge on any atom is 0.312 e. The maximum absolute atomic E-state index is 12.9. The van der Waals surface area contributed by atoms with E-state index < -0.39 is 34.6 Å². The number of rotatable bonds is 4. The first kappa shape index (κ1) is 16.4. The van der Waals surface area contributed by atoms with Crippen LogP contribution in [0.25, 0.3) is 0 Å². The summed E-state index contributed by atoms with van der Waals surface area (Å²) in [6.45, 7) is 5.49. The first-order valence-corrected chi connectivity index (χ1v) is 8.20. The molecule has 2 aliphatic carbocycles. The van der Waals surface area contributed by atoms with Gasteiger partial charge in [0, 0.05) is 26.4 Å². The molecule has 6 nitrogen and oxygen atoms in total. The topological polar surface area (TPSA) is 78.9 Å². The molecule has 0 spiro atoms. The van der Waals surface area contributed by atoms with Gasteiger partial charge in [0.15, 0.2) is 11.7 Å². The van der Waals surface area contributed by atoms with E-state index in [2.05, 4.69) is 0 Å². The van der Waals surface area contributed by atoms with Crippen LogP contribution >= 0.6 is 0 Å². The van der Waals surface area contributed by atoms with Crippen molar-refractivity contribution in [2.75, 3.05) is 7.11 Å². The molecule has 2 saturated carbocycles. The highest BCUT2D eigenvalue weighted by Gasteiger charge is 2.66. The SMILES string of the molecule is CCC(C)(C)C(=O)OC12CC3CC(OC)(CC(OC3=O)C1=O)C2. The molecule has 0 aromatic rings. The lowest BCUT2D eigenvalue weighted by Gasteiger charge is -2.50. The van der Waals surface area contributed by atoms with Crippen molar-refractivity contribution in [3.63, 3.8) is 0 Å². The molecule has 2 heterocycles. The Bertz CT molecular complexity index is 567. The minimum absolute atomic E-state index is 0.206. The van der Waals surface area contributed by atoms with Gasteiger partial charge in [0.1, 0.15) is 0 Å². The number of esters is 2. The Morgan fingerprint density at radius 2 is 2.00 bits per heavy atom. The second-order valence-corrected chi connectivity index (χ2v) is 7.78. The first-order chi connectivity index (χ1) is 10.7. The lowest BCUT2D eigenvalue weighted by molar-refractivity contribution is -0.206. The molecule has 4 unspecified atom stereocenters. The van der Waals surface area contributed by atoms with Gasteiger partial charge in [-0.05, 0) is 26.7 Å². The van der Waals surface area contributed by atoms with Crippen molar-refractivity contribution in [3.05, 3.63) is 0 Å². The summed E-state index contributed by atoms with van der Waals surface area (Å²) in [7, 11) is 1.58. The molecule has 0 N–H and O–H groups in total. The van der Waals surface area contributed by atoms with Gasteiger partial charge in [0.05, 0.1) is 16.9 Å². The van der Waals surface area contributed by atoms with Gasteiger partial charge in [-0.15, -0.1) is 0 Å². The highest BCUT2D eigenvalue weighted by Crippen LogP contribution is 2.53. The largest absolute Gasteiger partial charge is 0.454 e. The molecule has 4 rings (SSSR count). The van der Waals surface area contributed by atoms with E-state index in [1.165, 1.54) is 0 Å². The smallest absolute Gasteiger partial charge is 0.312 e. The van der Waals surface area contributed by atoms with E-state index in [1.807, 2.05) is 6.92 Å². The highest BCUT2D eigenvalue weighted by molar-refractivity contribution is 5.98. The maximum atomic E-state index is 12.9. The summed E-state index contributed by atoms with van der Waals surface area (Å²) < 4.78 is 16.8. The van der Waals surface area contributed by atoms with Gasteiger partial charge in [-0.1, -0.05) is 6.92 Å². The van der Waals surface area contributed by atoms with Crippen molar-refractivity contribution in [1.82, 2.24) is 0 Å². The molecule has 2 aliphatic heterocycles. The van der Waals surface area contributed by atoms with E-state index in [9.17, 15) is 14.4 Å².